The summed E-state index contributed by atoms with van der Waals surface area (Å²) in [7, 11) is 1.79. The average Bonchev–Trinajstić information content (AvgIpc) is 2.44. The lowest BCUT2D eigenvalue weighted by molar-refractivity contribution is 0.0502. The van der Waals surface area contributed by atoms with Gasteiger partial charge in [-0.05, 0) is 38.0 Å². The minimum absolute atomic E-state index is 0.539. The first-order chi connectivity index (χ1) is 9.13. The van der Waals surface area contributed by atoms with E-state index in [0.29, 0.717) is 12.1 Å². The fraction of sp³-hybridized carbons (Fsp3) is 1.00. The van der Waals surface area contributed by atoms with E-state index in [4.69, 9.17) is 10.5 Å². The second kappa shape index (κ2) is 8.93. The van der Waals surface area contributed by atoms with Crippen molar-refractivity contribution in [2.75, 3.05) is 26.8 Å². The lowest BCUT2D eigenvalue weighted by Gasteiger charge is -2.42. The number of nitrogens with two attached hydrogens (primary N) is 1. The molecule has 0 aliphatic heterocycles. The van der Waals surface area contributed by atoms with E-state index in [1.807, 2.05) is 0 Å². The molecule has 3 heteroatoms. The quantitative estimate of drug-likeness (QED) is 0.737. The van der Waals surface area contributed by atoms with Gasteiger partial charge in [-0.3, -0.25) is 4.90 Å². The number of hydrogen-bond donors (Lipinski definition) is 1. The zero-order chi connectivity index (χ0) is 14.3. The van der Waals surface area contributed by atoms with E-state index in [9.17, 15) is 0 Å². The molecule has 0 heterocycles. The minimum Gasteiger partial charge on any atom is -0.383 e. The highest BCUT2D eigenvalue weighted by Gasteiger charge is 2.31. The second-order valence-corrected chi connectivity index (χ2v) is 6.31. The molecule has 0 bridgehead atoms. The predicted octanol–water partition coefficient (Wildman–Crippen LogP) is 2.89. The SMILES string of the molecule is CCC(C)N(CCOC)C(CN)C1CCC(C)CC1. The second-order valence-electron chi connectivity index (χ2n) is 6.31. The molecule has 0 aromatic heterocycles. The molecular formula is C16H34N2O. The van der Waals surface area contributed by atoms with Gasteiger partial charge in [0.25, 0.3) is 0 Å². The maximum atomic E-state index is 6.12. The molecular weight excluding hydrogens is 236 g/mol. The molecule has 2 unspecified atom stereocenters. The van der Waals surface area contributed by atoms with Gasteiger partial charge in [0.15, 0.2) is 0 Å². The largest absolute Gasteiger partial charge is 0.383 e. The standard InChI is InChI=1S/C16H34N2O/c1-5-14(3)18(10-11-19-4)16(12-17)15-8-6-13(2)7-9-15/h13-16H,5-12,17H2,1-4H3. The van der Waals surface area contributed by atoms with Gasteiger partial charge in [0.05, 0.1) is 6.61 Å². The van der Waals surface area contributed by atoms with Crippen molar-refractivity contribution in [2.45, 2.75) is 65.0 Å². The van der Waals surface area contributed by atoms with Crippen molar-refractivity contribution in [1.82, 2.24) is 4.90 Å². The highest BCUT2D eigenvalue weighted by atomic mass is 16.5. The summed E-state index contributed by atoms with van der Waals surface area (Å²) in [4.78, 5) is 2.60. The summed E-state index contributed by atoms with van der Waals surface area (Å²) in [5, 5.41) is 0. The summed E-state index contributed by atoms with van der Waals surface area (Å²) < 4.78 is 5.28. The van der Waals surface area contributed by atoms with Crippen molar-refractivity contribution < 1.29 is 4.74 Å². The van der Waals surface area contributed by atoms with Crippen LogP contribution in [0.4, 0.5) is 0 Å². The first-order valence-corrected chi connectivity index (χ1v) is 8.08. The van der Waals surface area contributed by atoms with Crippen LogP contribution in [0.5, 0.6) is 0 Å². The Morgan fingerprint density at radius 3 is 2.37 bits per heavy atom. The molecule has 0 radical (unpaired) electrons. The molecule has 0 spiro atoms. The molecule has 1 saturated carbocycles. The van der Waals surface area contributed by atoms with Gasteiger partial charge in [-0.2, -0.15) is 0 Å². The van der Waals surface area contributed by atoms with Gasteiger partial charge in [0, 0.05) is 32.3 Å². The Morgan fingerprint density at radius 2 is 1.89 bits per heavy atom. The van der Waals surface area contributed by atoms with Crippen LogP contribution in [-0.4, -0.2) is 43.8 Å². The minimum atomic E-state index is 0.539. The number of ether oxygens (including phenoxy) is 1. The van der Waals surface area contributed by atoms with E-state index >= 15 is 0 Å². The van der Waals surface area contributed by atoms with Crippen LogP contribution in [0.2, 0.25) is 0 Å². The molecule has 0 aromatic rings. The Hall–Kier alpha value is -0.120. The molecule has 114 valence electrons. The van der Waals surface area contributed by atoms with Gasteiger partial charge < -0.3 is 10.5 Å². The lowest BCUT2D eigenvalue weighted by Crippen LogP contribution is -2.51. The van der Waals surface area contributed by atoms with E-state index in [1.54, 1.807) is 7.11 Å². The summed E-state index contributed by atoms with van der Waals surface area (Å²) in [5.41, 5.74) is 6.12. The average molecular weight is 270 g/mol. The third-order valence-corrected chi connectivity index (χ3v) is 4.98. The zero-order valence-corrected chi connectivity index (χ0v) is 13.4. The molecule has 1 aliphatic carbocycles. The van der Waals surface area contributed by atoms with E-state index in [1.165, 1.54) is 32.1 Å². The summed E-state index contributed by atoms with van der Waals surface area (Å²) in [5.74, 6) is 1.69. The topological polar surface area (TPSA) is 38.5 Å². The number of hydrogen-bond acceptors (Lipinski definition) is 3. The van der Waals surface area contributed by atoms with Crippen LogP contribution in [0.25, 0.3) is 0 Å². The van der Waals surface area contributed by atoms with Crippen molar-refractivity contribution in [2.24, 2.45) is 17.6 Å². The number of nitrogens with zero attached hydrogens (tertiary/aromatic N) is 1. The van der Waals surface area contributed by atoms with Crippen LogP contribution < -0.4 is 5.73 Å². The molecule has 1 rings (SSSR count). The molecule has 2 atom stereocenters. The van der Waals surface area contributed by atoms with Gasteiger partial charge in [0.2, 0.25) is 0 Å². The van der Waals surface area contributed by atoms with Crippen LogP contribution >= 0.6 is 0 Å². The highest BCUT2D eigenvalue weighted by molar-refractivity contribution is 4.86. The van der Waals surface area contributed by atoms with Crippen molar-refractivity contribution in [3.05, 3.63) is 0 Å². The molecule has 0 saturated heterocycles. The van der Waals surface area contributed by atoms with Gasteiger partial charge in [-0.1, -0.05) is 26.7 Å². The van der Waals surface area contributed by atoms with Crippen molar-refractivity contribution in [3.63, 3.8) is 0 Å². The Labute approximate surface area is 119 Å². The normalized spacial score (nSPS) is 27.5. The van der Waals surface area contributed by atoms with Crippen molar-refractivity contribution in [3.8, 4) is 0 Å². The van der Waals surface area contributed by atoms with Gasteiger partial charge in [0.1, 0.15) is 0 Å². The summed E-state index contributed by atoms with van der Waals surface area (Å²) >= 11 is 0. The molecule has 2 N–H and O–H groups in total. The maximum absolute atomic E-state index is 6.12. The smallest absolute Gasteiger partial charge is 0.0589 e. The van der Waals surface area contributed by atoms with Crippen LogP contribution in [0.15, 0.2) is 0 Å². The van der Waals surface area contributed by atoms with Crippen LogP contribution in [0, 0.1) is 11.8 Å². The molecule has 1 fully saturated rings. The van der Waals surface area contributed by atoms with Crippen LogP contribution in [0.3, 0.4) is 0 Å². The third-order valence-electron chi connectivity index (χ3n) is 4.98. The zero-order valence-electron chi connectivity index (χ0n) is 13.4. The lowest BCUT2D eigenvalue weighted by atomic mass is 9.78. The molecule has 19 heavy (non-hydrogen) atoms. The fourth-order valence-electron chi connectivity index (χ4n) is 3.41. The summed E-state index contributed by atoms with van der Waals surface area (Å²) in [6, 6.07) is 1.14. The van der Waals surface area contributed by atoms with Crippen molar-refractivity contribution >= 4 is 0 Å². The fourth-order valence-corrected chi connectivity index (χ4v) is 3.41. The molecule has 3 nitrogen and oxygen atoms in total. The molecule has 0 aromatic carbocycles. The molecule has 0 amide bonds. The Bertz CT molecular complexity index is 227. The first-order valence-electron chi connectivity index (χ1n) is 8.08. The number of rotatable bonds is 8. The first kappa shape index (κ1) is 16.9. The highest BCUT2D eigenvalue weighted by Crippen LogP contribution is 2.32. The predicted molar refractivity (Wildman–Crippen MR) is 82.3 cm³/mol. The van der Waals surface area contributed by atoms with Gasteiger partial charge >= 0.3 is 0 Å². The maximum Gasteiger partial charge on any atom is 0.0589 e. The van der Waals surface area contributed by atoms with E-state index in [-0.39, 0.29) is 0 Å². The monoisotopic (exact) mass is 270 g/mol. The van der Waals surface area contributed by atoms with Gasteiger partial charge in [-0.25, -0.2) is 0 Å². The number of methoxy groups -OCH3 is 1. The van der Waals surface area contributed by atoms with Crippen LogP contribution in [-0.2, 0) is 4.74 Å². The van der Waals surface area contributed by atoms with E-state index in [0.717, 1.165) is 31.5 Å². The Morgan fingerprint density at radius 1 is 1.26 bits per heavy atom. The van der Waals surface area contributed by atoms with Gasteiger partial charge in [-0.15, -0.1) is 0 Å². The van der Waals surface area contributed by atoms with E-state index in [2.05, 4.69) is 25.7 Å². The summed E-state index contributed by atoms with van der Waals surface area (Å²) in [6.45, 7) is 9.58. The van der Waals surface area contributed by atoms with E-state index < -0.39 is 0 Å². The Balaban J connectivity index is 2.65. The summed E-state index contributed by atoms with van der Waals surface area (Å²) in [6.07, 6.45) is 6.63. The van der Waals surface area contributed by atoms with Crippen molar-refractivity contribution in [1.29, 1.82) is 0 Å². The Kier molecular flexibility index (Phi) is 7.96. The third kappa shape index (κ3) is 5.05. The van der Waals surface area contributed by atoms with Crippen LogP contribution in [0.1, 0.15) is 52.9 Å². The molecule has 1 aliphatic rings.